The Morgan fingerprint density at radius 2 is 2.00 bits per heavy atom. The highest BCUT2D eigenvalue weighted by Gasteiger charge is 2.44. The summed E-state index contributed by atoms with van der Waals surface area (Å²) in [5.41, 5.74) is 0.771. The zero-order chi connectivity index (χ0) is 17.3. The van der Waals surface area contributed by atoms with Crippen molar-refractivity contribution in [1.82, 2.24) is 19.7 Å². The number of hydrogen-bond acceptors (Lipinski definition) is 4. The van der Waals surface area contributed by atoms with E-state index in [9.17, 15) is 18.0 Å². The molecule has 1 amide bonds. The van der Waals surface area contributed by atoms with Crippen LogP contribution in [0.2, 0.25) is 5.02 Å². The van der Waals surface area contributed by atoms with E-state index in [1.165, 1.54) is 24.8 Å². The number of carbonyl (C=O) groups excluding carboxylic acids is 1. The first-order valence-electron chi connectivity index (χ1n) is 6.98. The minimum absolute atomic E-state index is 0.0783. The minimum Gasteiger partial charge on any atom is -0.365 e. The molecule has 6 nitrogen and oxygen atoms in total. The van der Waals surface area contributed by atoms with Gasteiger partial charge in [-0.2, -0.15) is 13.2 Å². The highest BCUT2D eigenvalue weighted by Crippen LogP contribution is 2.27. The quantitative estimate of drug-likeness (QED) is 0.824. The van der Waals surface area contributed by atoms with Gasteiger partial charge >= 0.3 is 6.18 Å². The van der Waals surface area contributed by atoms with E-state index in [1.807, 2.05) is 0 Å². The van der Waals surface area contributed by atoms with Gasteiger partial charge in [-0.15, -0.1) is 10.2 Å². The maximum atomic E-state index is 12.8. The van der Waals surface area contributed by atoms with Crippen LogP contribution in [0.4, 0.5) is 13.2 Å². The van der Waals surface area contributed by atoms with Gasteiger partial charge in [0, 0.05) is 12.2 Å². The number of nitrogens with zero attached hydrogens (tertiary/aromatic N) is 4. The molecule has 2 aromatic rings. The number of halogens is 4. The fourth-order valence-corrected chi connectivity index (χ4v) is 2.63. The summed E-state index contributed by atoms with van der Waals surface area (Å²) in [5.74, 6) is -0.562. The van der Waals surface area contributed by atoms with Crippen molar-refractivity contribution in [1.29, 1.82) is 0 Å². The van der Waals surface area contributed by atoms with Gasteiger partial charge in [0.1, 0.15) is 12.7 Å². The SMILES string of the molecule is O=C(c1ccc(-n2cnnc2)cc1Cl)N1CCOC(C(F)(F)F)C1. The van der Waals surface area contributed by atoms with Gasteiger partial charge in [0.25, 0.3) is 5.91 Å². The fourth-order valence-electron chi connectivity index (χ4n) is 2.37. The molecule has 1 atom stereocenters. The summed E-state index contributed by atoms with van der Waals surface area (Å²) >= 11 is 6.13. The van der Waals surface area contributed by atoms with Crippen LogP contribution < -0.4 is 0 Å². The molecule has 0 N–H and O–H groups in total. The zero-order valence-electron chi connectivity index (χ0n) is 12.2. The Labute approximate surface area is 139 Å². The Morgan fingerprint density at radius 3 is 2.62 bits per heavy atom. The van der Waals surface area contributed by atoms with Crippen molar-refractivity contribution in [3.8, 4) is 5.69 Å². The lowest BCUT2D eigenvalue weighted by Crippen LogP contribution is -2.51. The fraction of sp³-hybridized carbons (Fsp3) is 0.357. The van der Waals surface area contributed by atoms with Gasteiger partial charge in [-0.1, -0.05) is 11.6 Å². The number of benzene rings is 1. The van der Waals surface area contributed by atoms with Crippen LogP contribution in [-0.4, -0.2) is 57.5 Å². The highest BCUT2D eigenvalue weighted by atomic mass is 35.5. The Bertz CT molecular complexity index is 736. The summed E-state index contributed by atoms with van der Waals surface area (Å²) in [6, 6.07) is 4.61. The third-order valence-corrected chi connectivity index (χ3v) is 3.93. The molecule has 1 saturated heterocycles. The largest absolute Gasteiger partial charge is 0.416 e. The third kappa shape index (κ3) is 3.36. The van der Waals surface area contributed by atoms with Crippen molar-refractivity contribution in [3.63, 3.8) is 0 Å². The van der Waals surface area contributed by atoms with Crippen LogP contribution >= 0.6 is 11.6 Å². The number of hydrogen-bond donors (Lipinski definition) is 0. The summed E-state index contributed by atoms with van der Waals surface area (Å²) in [5, 5.41) is 7.47. The number of morpholine rings is 1. The molecule has 0 spiro atoms. The normalized spacial score (nSPS) is 18.7. The minimum atomic E-state index is -4.51. The first-order valence-corrected chi connectivity index (χ1v) is 7.36. The second-order valence-corrected chi connectivity index (χ2v) is 5.59. The summed E-state index contributed by atoms with van der Waals surface area (Å²) in [6.45, 7) is -0.646. The number of amides is 1. The van der Waals surface area contributed by atoms with Gasteiger partial charge < -0.3 is 9.64 Å². The van der Waals surface area contributed by atoms with Crippen LogP contribution in [0.15, 0.2) is 30.9 Å². The van der Waals surface area contributed by atoms with Gasteiger partial charge in [-0.25, -0.2) is 0 Å². The van der Waals surface area contributed by atoms with Crippen molar-refractivity contribution in [2.24, 2.45) is 0 Å². The molecular formula is C14H12ClF3N4O2. The lowest BCUT2D eigenvalue weighted by molar-refractivity contribution is -0.233. The second kappa shape index (κ2) is 6.40. The smallest absolute Gasteiger partial charge is 0.365 e. The first-order chi connectivity index (χ1) is 11.4. The Balaban J connectivity index is 1.80. The summed E-state index contributed by atoms with van der Waals surface area (Å²) in [4.78, 5) is 13.6. The number of aromatic nitrogens is 3. The van der Waals surface area contributed by atoms with Gasteiger partial charge in [0.05, 0.1) is 23.7 Å². The Hall–Kier alpha value is -2.13. The monoisotopic (exact) mass is 360 g/mol. The third-order valence-electron chi connectivity index (χ3n) is 3.62. The predicted molar refractivity (Wildman–Crippen MR) is 78.1 cm³/mol. The van der Waals surface area contributed by atoms with Gasteiger partial charge in [-0.05, 0) is 18.2 Å². The predicted octanol–water partition coefficient (Wildman–Crippen LogP) is 2.32. The maximum absolute atomic E-state index is 12.8. The average molecular weight is 361 g/mol. The molecule has 0 aliphatic carbocycles. The molecule has 0 saturated carbocycles. The Morgan fingerprint density at radius 1 is 1.29 bits per heavy atom. The maximum Gasteiger partial charge on any atom is 0.416 e. The van der Waals surface area contributed by atoms with E-state index >= 15 is 0 Å². The average Bonchev–Trinajstić information content (AvgIpc) is 3.08. The number of rotatable bonds is 2. The van der Waals surface area contributed by atoms with E-state index in [1.54, 1.807) is 10.6 Å². The van der Waals surface area contributed by atoms with Gasteiger partial charge in [0.2, 0.25) is 0 Å². The molecule has 0 bridgehead atoms. The lowest BCUT2D eigenvalue weighted by Gasteiger charge is -2.34. The Kier molecular flexibility index (Phi) is 4.46. The van der Waals surface area contributed by atoms with Crippen LogP contribution in [0.3, 0.4) is 0 Å². The molecule has 1 aromatic heterocycles. The molecule has 10 heteroatoms. The molecule has 1 unspecified atom stereocenters. The van der Waals surface area contributed by atoms with Crippen molar-refractivity contribution in [2.75, 3.05) is 19.7 Å². The summed E-state index contributed by atoms with van der Waals surface area (Å²) < 4.78 is 44.6. The molecule has 1 aliphatic rings. The molecular weight excluding hydrogens is 349 g/mol. The van der Waals surface area contributed by atoms with E-state index in [0.717, 1.165) is 4.90 Å². The van der Waals surface area contributed by atoms with E-state index < -0.39 is 24.7 Å². The van der Waals surface area contributed by atoms with Crippen molar-refractivity contribution < 1.29 is 22.7 Å². The van der Waals surface area contributed by atoms with Crippen molar-refractivity contribution >= 4 is 17.5 Å². The molecule has 128 valence electrons. The van der Waals surface area contributed by atoms with E-state index in [4.69, 9.17) is 11.6 Å². The van der Waals surface area contributed by atoms with E-state index in [2.05, 4.69) is 14.9 Å². The van der Waals surface area contributed by atoms with Crippen LogP contribution in [0.25, 0.3) is 5.69 Å². The molecule has 2 heterocycles. The number of ether oxygens (including phenoxy) is 1. The molecule has 3 rings (SSSR count). The van der Waals surface area contributed by atoms with Gasteiger partial charge in [-0.3, -0.25) is 9.36 Å². The van der Waals surface area contributed by atoms with Crippen molar-refractivity contribution in [2.45, 2.75) is 12.3 Å². The highest BCUT2D eigenvalue weighted by molar-refractivity contribution is 6.34. The van der Waals surface area contributed by atoms with Crippen LogP contribution in [0.5, 0.6) is 0 Å². The van der Waals surface area contributed by atoms with Crippen LogP contribution in [-0.2, 0) is 4.74 Å². The van der Waals surface area contributed by atoms with Gasteiger partial charge in [0.15, 0.2) is 6.10 Å². The number of carbonyl (C=O) groups is 1. The van der Waals surface area contributed by atoms with Crippen LogP contribution in [0.1, 0.15) is 10.4 Å². The molecule has 24 heavy (non-hydrogen) atoms. The van der Waals surface area contributed by atoms with E-state index in [-0.39, 0.29) is 23.7 Å². The molecule has 1 fully saturated rings. The van der Waals surface area contributed by atoms with E-state index in [0.29, 0.717) is 5.69 Å². The topological polar surface area (TPSA) is 60.2 Å². The molecule has 1 aromatic carbocycles. The number of alkyl halides is 3. The van der Waals surface area contributed by atoms with Crippen molar-refractivity contribution in [3.05, 3.63) is 41.4 Å². The standard InChI is InChI=1S/C14H12ClF3N4O2/c15-11-5-9(22-7-19-20-8-22)1-2-10(11)13(23)21-3-4-24-12(6-21)14(16,17)18/h1-2,5,7-8,12H,3-4,6H2. The first kappa shape index (κ1) is 16.7. The summed E-state index contributed by atoms with van der Waals surface area (Å²) in [6.07, 6.45) is -3.57. The molecule has 1 aliphatic heterocycles. The molecule has 0 radical (unpaired) electrons. The summed E-state index contributed by atoms with van der Waals surface area (Å²) in [7, 11) is 0. The lowest BCUT2D eigenvalue weighted by atomic mass is 10.1. The second-order valence-electron chi connectivity index (χ2n) is 5.19. The zero-order valence-corrected chi connectivity index (χ0v) is 13.0. The van der Waals surface area contributed by atoms with Crippen LogP contribution in [0, 0.1) is 0 Å².